The molecule has 3 heterocycles. The monoisotopic (exact) mass is 407 g/mol. The number of hydrogen-bond acceptors (Lipinski definition) is 4. The zero-order chi connectivity index (χ0) is 20.5. The minimum atomic E-state index is -0.0410. The van der Waals surface area contributed by atoms with Crippen molar-refractivity contribution in [2.75, 3.05) is 32.8 Å². The van der Waals surface area contributed by atoms with Gasteiger partial charge in [0.15, 0.2) is 0 Å². The number of benzene rings is 1. The first-order chi connectivity index (χ1) is 14.7. The van der Waals surface area contributed by atoms with E-state index in [0.29, 0.717) is 19.8 Å². The zero-order valence-corrected chi connectivity index (χ0v) is 17.5. The number of carbonyl (C=O) groups is 1. The van der Waals surface area contributed by atoms with Crippen molar-refractivity contribution in [3.05, 3.63) is 58.7 Å². The molecule has 30 heavy (non-hydrogen) atoms. The minimum Gasteiger partial charge on any atom is -0.465 e. The van der Waals surface area contributed by atoms with Crippen LogP contribution in [0.15, 0.2) is 34.7 Å². The molecule has 2 aliphatic rings. The van der Waals surface area contributed by atoms with Crippen LogP contribution < -0.4 is 5.32 Å². The average Bonchev–Trinajstić information content (AvgIpc) is 3.38. The highest BCUT2D eigenvalue weighted by Gasteiger charge is 2.26. The maximum Gasteiger partial charge on any atom is 0.253 e. The number of aromatic nitrogens is 1. The van der Waals surface area contributed by atoms with Crippen LogP contribution in [-0.4, -0.2) is 48.6 Å². The molecule has 1 aliphatic carbocycles. The van der Waals surface area contributed by atoms with Gasteiger partial charge in [-0.2, -0.15) is 0 Å². The second-order valence-electron chi connectivity index (χ2n) is 8.34. The lowest BCUT2D eigenvalue weighted by Crippen LogP contribution is -2.43. The minimum absolute atomic E-state index is 0.00241. The van der Waals surface area contributed by atoms with Crippen molar-refractivity contribution in [1.82, 2.24) is 15.2 Å². The highest BCUT2D eigenvalue weighted by atomic mass is 16.5. The quantitative estimate of drug-likeness (QED) is 0.676. The number of amides is 1. The molecule has 0 unspecified atom stereocenters. The molecule has 1 fully saturated rings. The van der Waals surface area contributed by atoms with Gasteiger partial charge in [-0.05, 0) is 56.4 Å². The highest BCUT2D eigenvalue weighted by Crippen LogP contribution is 2.31. The molecule has 0 spiro atoms. The molecular formula is C24H29N3O3. The number of nitrogens with zero attached hydrogens (tertiary/aromatic N) is 1. The van der Waals surface area contributed by atoms with Gasteiger partial charge in [0, 0.05) is 30.7 Å². The van der Waals surface area contributed by atoms with E-state index in [1.54, 1.807) is 0 Å². The number of aromatic amines is 1. The summed E-state index contributed by atoms with van der Waals surface area (Å²) in [5.74, 6) is 1.74. The molecule has 1 aromatic carbocycles. The zero-order valence-electron chi connectivity index (χ0n) is 17.5. The number of carbonyl (C=O) groups excluding carboxylic acids is 1. The molecule has 3 aromatic rings. The van der Waals surface area contributed by atoms with Gasteiger partial charge >= 0.3 is 0 Å². The molecule has 158 valence electrons. The second-order valence-corrected chi connectivity index (χ2v) is 8.34. The molecule has 1 amide bonds. The molecule has 0 radical (unpaired) electrons. The van der Waals surface area contributed by atoms with Gasteiger partial charge in [0.05, 0.1) is 30.3 Å². The van der Waals surface area contributed by atoms with Gasteiger partial charge in [-0.25, -0.2) is 0 Å². The van der Waals surface area contributed by atoms with Crippen LogP contribution in [0.1, 0.15) is 52.0 Å². The number of rotatable bonds is 5. The lowest BCUT2D eigenvalue weighted by molar-refractivity contribution is 0.0117. The number of para-hydroxylation sites is 1. The third kappa shape index (κ3) is 3.66. The van der Waals surface area contributed by atoms with Gasteiger partial charge in [0.2, 0.25) is 0 Å². The first-order valence-electron chi connectivity index (χ1n) is 11.0. The number of morpholine rings is 1. The summed E-state index contributed by atoms with van der Waals surface area (Å²) in [7, 11) is 0. The first-order valence-corrected chi connectivity index (χ1v) is 11.0. The van der Waals surface area contributed by atoms with Gasteiger partial charge < -0.3 is 19.5 Å². The van der Waals surface area contributed by atoms with Gasteiger partial charge in [-0.1, -0.05) is 12.1 Å². The number of furan rings is 1. The summed E-state index contributed by atoms with van der Waals surface area (Å²) in [4.78, 5) is 19.1. The second kappa shape index (κ2) is 8.28. The summed E-state index contributed by atoms with van der Waals surface area (Å²) in [6, 6.07) is 10.0. The number of ether oxygens (including phenoxy) is 1. The van der Waals surface area contributed by atoms with E-state index < -0.39 is 0 Å². The van der Waals surface area contributed by atoms with Crippen LogP contribution in [-0.2, 0) is 17.6 Å². The van der Waals surface area contributed by atoms with Crippen LogP contribution in [0, 0.1) is 6.92 Å². The van der Waals surface area contributed by atoms with E-state index in [-0.39, 0.29) is 11.9 Å². The van der Waals surface area contributed by atoms with E-state index in [1.165, 1.54) is 29.5 Å². The molecule has 1 atom stereocenters. The van der Waals surface area contributed by atoms with Crippen molar-refractivity contribution in [1.29, 1.82) is 0 Å². The first kappa shape index (κ1) is 19.4. The summed E-state index contributed by atoms with van der Waals surface area (Å²) in [6.45, 7) is 5.53. The Morgan fingerprint density at radius 1 is 1.17 bits per heavy atom. The van der Waals surface area contributed by atoms with Crippen LogP contribution in [0.5, 0.6) is 0 Å². The Kier molecular flexibility index (Phi) is 5.35. The molecule has 0 bridgehead atoms. The van der Waals surface area contributed by atoms with Crippen molar-refractivity contribution in [2.45, 2.75) is 38.6 Å². The van der Waals surface area contributed by atoms with Gasteiger partial charge in [-0.15, -0.1) is 0 Å². The van der Waals surface area contributed by atoms with Crippen LogP contribution in [0.3, 0.4) is 0 Å². The van der Waals surface area contributed by atoms with E-state index in [4.69, 9.17) is 9.15 Å². The standard InChI is InChI=1S/C24H29N3O3/c1-16-9-10-22(30-16)21(27-11-13-29-14-12-27)15-25-24(28)19-7-4-6-18-17-5-2-3-8-20(17)26-23(18)19/h4,6-7,9-10,21,26H,2-3,5,8,11-15H2,1H3,(H,25,28)/t21-/m0/s1. The van der Waals surface area contributed by atoms with Gasteiger partial charge in [-0.3, -0.25) is 9.69 Å². The number of H-pyrrole nitrogens is 1. The highest BCUT2D eigenvalue weighted by molar-refractivity contribution is 6.06. The number of aryl methyl sites for hydroxylation is 3. The van der Waals surface area contributed by atoms with Crippen LogP contribution in [0.2, 0.25) is 0 Å². The molecule has 2 aromatic heterocycles. The van der Waals surface area contributed by atoms with E-state index in [2.05, 4.69) is 21.3 Å². The maximum atomic E-state index is 13.2. The Morgan fingerprint density at radius 3 is 2.80 bits per heavy atom. The Hall–Kier alpha value is -2.57. The fourth-order valence-corrected chi connectivity index (χ4v) is 4.83. The van der Waals surface area contributed by atoms with Crippen LogP contribution in [0.25, 0.3) is 10.9 Å². The smallest absolute Gasteiger partial charge is 0.253 e. The van der Waals surface area contributed by atoms with E-state index in [1.807, 2.05) is 31.2 Å². The van der Waals surface area contributed by atoms with Crippen molar-refractivity contribution in [3.8, 4) is 0 Å². The van der Waals surface area contributed by atoms with E-state index in [9.17, 15) is 4.79 Å². The third-order valence-corrected chi connectivity index (χ3v) is 6.41. The topological polar surface area (TPSA) is 70.5 Å². The lowest BCUT2D eigenvalue weighted by Gasteiger charge is -2.33. The lowest BCUT2D eigenvalue weighted by atomic mass is 9.95. The summed E-state index contributed by atoms with van der Waals surface area (Å²) < 4.78 is 11.4. The summed E-state index contributed by atoms with van der Waals surface area (Å²) in [5.41, 5.74) is 4.38. The maximum absolute atomic E-state index is 13.2. The largest absolute Gasteiger partial charge is 0.465 e. The van der Waals surface area contributed by atoms with Crippen molar-refractivity contribution < 1.29 is 13.9 Å². The van der Waals surface area contributed by atoms with Crippen LogP contribution >= 0.6 is 0 Å². The molecule has 2 N–H and O–H groups in total. The van der Waals surface area contributed by atoms with Crippen molar-refractivity contribution in [2.24, 2.45) is 0 Å². The molecule has 6 heteroatoms. The fourth-order valence-electron chi connectivity index (χ4n) is 4.83. The normalized spacial score (nSPS) is 18.3. The number of fused-ring (bicyclic) bond motifs is 3. The summed E-state index contributed by atoms with van der Waals surface area (Å²) in [5, 5.41) is 4.37. The Morgan fingerprint density at radius 2 is 2.00 bits per heavy atom. The van der Waals surface area contributed by atoms with Gasteiger partial charge in [0.25, 0.3) is 5.91 Å². The predicted molar refractivity (Wildman–Crippen MR) is 116 cm³/mol. The Labute approximate surface area is 176 Å². The Bertz CT molecular complexity index is 1050. The van der Waals surface area contributed by atoms with Gasteiger partial charge in [0.1, 0.15) is 11.5 Å². The average molecular weight is 408 g/mol. The number of hydrogen-bond donors (Lipinski definition) is 2. The van der Waals surface area contributed by atoms with Crippen molar-refractivity contribution in [3.63, 3.8) is 0 Å². The predicted octanol–water partition coefficient (Wildman–Crippen LogP) is 3.75. The molecule has 5 rings (SSSR count). The molecule has 0 saturated carbocycles. The SMILES string of the molecule is Cc1ccc([C@H](CNC(=O)c2cccc3c4c([nH]c23)CCCC4)N2CCOCC2)o1. The molecule has 6 nitrogen and oxygen atoms in total. The van der Waals surface area contributed by atoms with Crippen molar-refractivity contribution >= 4 is 16.8 Å². The number of nitrogens with one attached hydrogen (secondary N) is 2. The molecular weight excluding hydrogens is 378 g/mol. The fraction of sp³-hybridized carbons (Fsp3) is 0.458. The van der Waals surface area contributed by atoms with Crippen LogP contribution in [0.4, 0.5) is 0 Å². The Balaban J connectivity index is 1.38. The summed E-state index contributed by atoms with van der Waals surface area (Å²) in [6.07, 6.45) is 4.60. The van der Waals surface area contributed by atoms with E-state index in [0.717, 1.165) is 48.5 Å². The third-order valence-electron chi connectivity index (χ3n) is 6.41. The van der Waals surface area contributed by atoms with E-state index >= 15 is 0 Å². The molecule has 1 saturated heterocycles. The summed E-state index contributed by atoms with van der Waals surface area (Å²) >= 11 is 0. The molecule has 1 aliphatic heterocycles.